The predicted octanol–water partition coefficient (Wildman–Crippen LogP) is 8.55. The van der Waals surface area contributed by atoms with Crippen LogP contribution in [0.4, 0.5) is 18.9 Å². The van der Waals surface area contributed by atoms with E-state index in [1.807, 2.05) is 13.8 Å². The Hall–Kier alpha value is -2.61. The molecular formula is C30H44F3N3O2. The second-order valence-electron chi connectivity index (χ2n) is 10.3. The minimum atomic E-state index is -4.40. The van der Waals surface area contributed by atoms with Crippen LogP contribution in [-0.4, -0.2) is 26.6 Å². The average Bonchev–Trinajstić information content (AvgIpc) is 2.83. The van der Waals surface area contributed by atoms with Crippen LogP contribution in [0.25, 0.3) is 0 Å². The van der Waals surface area contributed by atoms with Gasteiger partial charge in [0.25, 0.3) is 0 Å². The Bertz CT molecular complexity index is 1000. The van der Waals surface area contributed by atoms with Crippen LogP contribution in [0.1, 0.15) is 109 Å². The molecule has 2 heterocycles. The van der Waals surface area contributed by atoms with Gasteiger partial charge in [-0.05, 0) is 64.2 Å². The maximum Gasteiger partial charge on any atom is 0.433 e. The van der Waals surface area contributed by atoms with Gasteiger partial charge in [0.2, 0.25) is 0 Å². The Morgan fingerprint density at radius 1 is 1.13 bits per heavy atom. The maximum absolute atomic E-state index is 12.4. The lowest BCUT2D eigenvalue weighted by Gasteiger charge is -2.22. The molecule has 0 radical (unpaired) electrons. The fourth-order valence-electron chi connectivity index (χ4n) is 3.67. The molecule has 0 amide bonds. The molecule has 0 aliphatic heterocycles. The molecule has 212 valence electrons. The number of aliphatic imine (C=N–C) groups is 1. The first kappa shape index (κ1) is 33.4. The third-order valence-electron chi connectivity index (χ3n) is 6.30. The third-order valence-corrected chi connectivity index (χ3v) is 6.30. The van der Waals surface area contributed by atoms with E-state index < -0.39 is 17.5 Å². The van der Waals surface area contributed by atoms with E-state index in [0.29, 0.717) is 23.4 Å². The summed E-state index contributed by atoms with van der Waals surface area (Å²) in [6.07, 6.45) is 7.76. The van der Waals surface area contributed by atoms with Gasteiger partial charge in [0.15, 0.2) is 0 Å². The number of Topliss-reactive ketones (excluding diaryl/α,β-unsaturated/α-hetero) is 1. The van der Waals surface area contributed by atoms with Crippen molar-refractivity contribution in [2.45, 2.75) is 111 Å². The van der Waals surface area contributed by atoms with Gasteiger partial charge in [-0.15, -0.1) is 0 Å². The van der Waals surface area contributed by atoms with Crippen molar-refractivity contribution in [2.24, 2.45) is 10.9 Å². The molecule has 0 spiro atoms. The molecule has 38 heavy (non-hydrogen) atoms. The number of carbonyl (C=O) groups is 1. The highest BCUT2D eigenvalue weighted by atomic mass is 19.4. The van der Waals surface area contributed by atoms with E-state index in [2.05, 4.69) is 28.8 Å². The van der Waals surface area contributed by atoms with Crippen LogP contribution in [0, 0.1) is 12.8 Å². The first-order chi connectivity index (χ1) is 17.8. The van der Waals surface area contributed by atoms with Crippen LogP contribution in [0.3, 0.4) is 0 Å². The van der Waals surface area contributed by atoms with Gasteiger partial charge in [0, 0.05) is 36.5 Å². The molecule has 0 bridgehead atoms. The van der Waals surface area contributed by atoms with Gasteiger partial charge in [0.05, 0.1) is 17.0 Å². The molecule has 1 aliphatic carbocycles. The number of hydrogen-bond donors (Lipinski definition) is 1. The van der Waals surface area contributed by atoms with Gasteiger partial charge >= 0.3 is 6.18 Å². The summed E-state index contributed by atoms with van der Waals surface area (Å²) in [6, 6.07) is 5.89. The van der Waals surface area contributed by atoms with Crippen molar-refractivity contribution in [3.8, 4) is 0 Å². The fourth-order valence-corrected chi connectivity index (χ4v) is 3.67. The van der Waals surface area contributed by atoms with Crippen LogP contribution in [0.15, 0.2) is 41.7 Å². The Morgan fingerprint density at radius 3 is 2.24 bits per heavy atom. The highest BCUT2D eigenvalue weighted by Crippen LogP contribution is 2.30. The molecule has 1 aliphatic rings. The number of aryl methyl sites for hydroxylation is 1. The second-order valence-corrected chi connectivity index (χ2v) is 10.3. The molecule has 2 aromatic rings. The Morgan fingerprint density at radius 2 is 1.79 bits per heavy atom. The van der Waals surface area contributed by atoms with Crippen LogP contribution >= 0.6 is 0 Å². The zero-order chi connectivity index (χ0) is 28.8. The minimum absolute atomic E-state index is 0.0892. The number of nitrogens with zero attached hydrogens (tertiary/aromatic N) is 3. The molecule has 1 fully saturated rings. The summed E-state index contributed by atoms with van der Waals surface area (Å²) in [5.41, 5.74) is 0.457. The van der Waals surface area contributed by atoms with E-state index in [0.717, 1.165) is 43.4 Å². The van der Waals surface area contributed by atoms with E-state index in [4.69, 9.17) is 0 Å². The van der Waals surface area contributed by atoms with Crippen LogP contribution in [-0.2, 0) is 16.6 Å². The number of pyridine rings is 2. The van der Waals surface area contributed by atoms with Crippen molar-refractivity contribution < 1.29 is 23.1 Å². The Kier molecular flexibility index (Phi) is 14.4. The summed E-state index contributed by atoms with van der Waals surface area (Å²) >= 11 is 0. The maximum atomic E-state index is 12.4. The normalized spacial score (nSPS) is 15.3. The van der Waals surface area contributed by atoms with Crippen LogP contribution in [0.5, 0.6) is 0 Å². The SMILES string of the molecule is CC1CCC1.CCCC(=O)C[C@@](C)(O)c1cccnc1.CCCCC(C)=Nc1ccc(C(F)(F)F)nc1C. The summed E-state index contributed by atoms with van der Waals surface area (Å²) < 4.78 is 37.3. The number of aliphatic hydroxyl groups is 1. The van der Waals surface area contributed by atoms with Crippen LogP contribution < -0.4 is 0 Å². The lowest BCUT2D eigenvalue weighted by Crippen LogP contribution is -2.25. The molecule has 0 aromatic carbocycles. The summed E-state index contributed by atoms with van der Waals surface area (Å²) in [4.78, 5) is 23.2. The molecule has 1 saturated carbocycles. The molecule has 0 unspecified atom stereocenters. The number of alkyl halides is 3. The Labute approximate surface area is 226 Å². The monoisotopic (exact) mass is 535 g/mol. The Balaban J connectivity index is 0.000000324. The van der Waals surface area contributed by atoms with Gasteiger partial charge < -0.3 is 5.11 Å². The van der Waals surface area contributed by atoms with Gasteiger partial charge in [0.1, 0.15) is 11.5 Å². The summed E-state index contributed by atoms with van der Waals surface area (Å²) in [5.74, 6) is 1.15. The van der Waals surface area contributed by atoms with Gasteiger partial charge in [-0.3, -0.25) is 14.8 Å². The number of unbranched alkanes of at least 4 members (excludes halogenated alkanes) is 1. The zero-order valence-electron chi connectivity index (χ0n) is 23.7. The van der Waals surface area contributed by atoms with Gasteiger partial charge in [-0.2, -0.15) is 13.2 Å². The quantitative estimate of drug-likeness (QED) is 0.326. The van der Waals surface area contributed by atoms with E-state index in [-0.39, 0.29) is 12.2 Å². The topological polar surface area (TPSA) is 75.4 Å². The number of ketones is 1. The zero-order valence-corrected chi connectivity index (χ0v) is 23.7. The van der Waals surface area contributed by atoms with Crippen molar-refractivity contribution in [3.63, 3.8) is 0 Å². The molecule has 1 N–H and O–H groups in total. The molecule has 2 aromatic heterocycles. The van der Waals surface area contributed by atoms with Gasteiger partial charge in [-0.25, -0.2) is 4.98 Å². The standard InChI is InChI=1S/C13H17F3N2.C12H17NO2.C5H10/c1-4-5-6-9(2)17-11-7-8-12(13(14,15)16)18-10(11)3;1-3-5-11(14)8-12(2,15)10-6-4-7-13-9-10;1-5-3-2-4-5/h7-8H,4-6H2,1-3H3;4,6-7,9,15H,3,5,8H2,1-2H3;5H,2-4H2,1H3/t;12-;/m.1./s1. The molecule has 3 rings (SSSR count). The highest BCUT2D eigenvalue weighted by Gasteiger charge is 2.32. The lowest BCUT2D eigenvalue weighted by molar-refractivity contribution is -0.141. The average molecular weight is 536 g/mol. The fraction of sp³-hybridized carbons (Fsp3) is 0.600. The van der Waals surface area contributed by atoms with Crippen molar-refractivity contribution in [2.75, 3.05) is 0 Å². The summed E-state index contributed by atoms with van der Waals surface area (Å²) in [6.45, 7) is 11.4. The predicted molar refractivity (Wildman–Crippen MR) is 148 cm³/mol. The number of rotatable bonds is 9. The van der Waals surface area contributed by atoms with E-state index in [9.17, 15) is 23.1 Å². The first-order valence-corrected chi connectivity index (χ1v) is 13.5. The number of aromatic nitrogens is 2. The van der Waals surface area contributed by atoms with Crippen molar-refractivity contribution >= 4 is 17.2 Å². The van der Waals surface area contributed by atoms with Gasteiger partial charge in [-0.1, -0.05) is 52.5 Å². The van der Waals surface area contributed by atoms with Crippen LogP contribution in [0.2, 0.25) is 0 Å². The summed E-state index contributed by atoms with van der Waals surface area (Å²) in [5, 5.41) is 10.1. The van der Waals surface area contributed by atoms with Crippen molar-refractivity contribution in [3.05, 3.63) is 53.6 Å². The molecule has 1 atom stereocenters. The van der Waals surface area contributed by atoms with Crippen molar-refractivity contribution in [1.29, 1.82) is 0 Å². The minimum Gasteiger partial charge on any atom is -0.385 e. The molecular weight excluding hydrogens is 491 g/mol. The van der Waals surface area contributed by atoms with E-state index >= 15 is 0 Å². The van der Waals surface area contributed by atoms with E-state index in [1.54, 1.807) is 38.4 Å². The largest absolute Gasteiger partial charge is 0.433 e. The smallest absolute Gasteiger partial charge is 0.385 e. The highest BCUT2D eigenvalue weighted by molar-refractivity contribution is 5.84. The molecule has 5 nitrogen and oxygen atoms in total. The number of halogens is 3. The lowest BCUT2D eigenvalue weighted by atomic mass is 9.88. The second kappa shape index (κ2) is 16.4. The first-order valence-electron chi connectivity index (χ1n) is 13.5. The van der Waals surface area contributed by atoms with E-state index in [1.165, 1.54) is 25.3 Å². The van der Waals surface area contributed by atoms with Crippen molar-refractivity contribution in [1.82, 2.24) is 9.97 Å². The molecule has 8 heteroatoms. The number of hydrogen-bond acceptors (Lipinski definition) is 5. The third kappa shape index (κ3) is 12.8. The molecule has 0 saturated heterocycles. The summed E-state index contributed by atoms with van der Waals surface area (Å²) in [7, 11) is 0. The number of carbonyl (C=O) groups excluding carboxylic acids is 1.